The van der Waals surface area contributed by atoms with Gasteiger partial charge in [0.05, 0.1) is 6.61 Å². The molecule has 1 amide bonds. The molecule has 0 rings (SSSR count). The lowest BCUT2D eigenvalue weighted by Crippen LogP contribution is -2.61. The van der Waals surface area contributed by atoms with Gasteiger partial charge in [0.2, 0.25) is 0 Å². The highest BCUT2D eigenvalue weighted by Crippen LogP contribution is 2.46. The van der Waals surface area contributed by atoms with Gasteiger partial charge in [-0.2, -0.15) is 42.5 Å². The second kappa shape index (κ2) is 9.48. The first-order valence-corrected chi connectivity index (χ1v) is 8.51. The Labute approximate surface area is 143 Å². The Kier molecular flexibility index (Phi) is 9.03. The van der Waals surface area contributed by atoms with Crippen molar-refractivity contribution in [2.45, 2.75) is 50.2 Å². The molecule has 12 heteroatoms. The summed E-state index contributed by atoms with van der Waals surface area (Å²) < 4.78 is 93.3. The van der Waals surface area contributed by atoms with Crippen molar-refractivity contribution in [3.63, 3.8) is 0 Å². The summed E-state index contributed by atoms with van der Waals surface area (Å²) in [5.74, 6) is -16.6. The standard InChI is InChI=1S/C13H18F7NO3S/c1-3-4-6-24-9(22)8(5-7-25-2)21-10(23)11(14,15)12(16,17)13(18,19)20/h8H,3-7H2,1-2H3,(H,21,23). The van der Waals surface area contributed by atoms with Gasteiger partial charge in [-0.05, 0) is 24.9 Å². The number of nitrogens with one attached hydrogen (secondary N) is 1. The monoisotopic (exact) mass is 401 g/mol. The fraction of sp³-hybridized carbons (Fsp3) is 0.846. The molecule has 0 saturated carbocycles. The Bertz CT molecular complexity index is 457. The van der Waals surface area contributed by atoms with Crippen LogP contribution in [0.3, 0.4) is 0 Å². The minimum Gasteiger partial charge on any atom is -0.464 e. The highest BCUT2D eigenvalue weighted by atomic mass is 32.2. The van der Waals surface area contributed by atoms with Crippen LogP contribution >= 0.6 is 11.8 Å². The number of unbranched alkanes of at least 4 members (excludes halogenated alkanes) is 1. The van der Waals surface area contributed by atoms with Crippen molar-refractivity contribution in [1.29, 1.82) is 0 Å². The van der Waals surface area contributed by atoms with Crippen molar-refractivity contribution in [1.82, 2.24) is 5.32 Å². The molecule has 0 aliphatic carbocycles. The van der Waals surface area contributed by atoms with E-state index in [-0.39, 0.29) is 18.8 Å². The zero-order chi connectivity index (χ0) is 19.9. The minimum absolute atomic E-state index is 0.101. The van der Waals surface area contributed by atoms with E-state index in [9.17, 15) is 40.3 Å². The van der Waals surface area contributed by atoms with E-state index in [0.29, 0.717) is 12.8 Å². The number of hydrogen-bond acceptors (Lipinski definition) is 4. The highest BCUT2D eigenvalue weighted by Gasteiger charge is 2.76. The fourth-order valence-electron chi connectivity index (χ4n) is 1.47. The van der Waals surface area contributed by atoms with Crippen molar-refractivity contribution in [3.8, 4) is 0 Å². The Balaban J connectivity index is 5.20. The smallest absolute Gasteiger partial charge is 0.460 e. The topological polar surface area (TPSA) is 55.4 Å². The van der Waals surface area contributed by atoms with Gasteiger partial charge in [0.1, 0.15) is 6.04 Å². The number of esters is 1. The van der Waals surface area contributed by atoms with Crippen LogP contribution in [0.15, 0.2) is 0 Å². The van der Waals surface area contributed by atoms with Gasteiger partial charge in [-0.15, -0.1) is 0 Å². The zero-order valence-electron chi connectivity index (χ0n) is 13.4. The molecule has 0 aliphatic heterocycles. The summed E-state index contributed by atoms with van der Waals surface area (Å²) in [5.41, 5.74) is 0. The summed E-state index contributed by atoms with van der Waals surface area (Å²) in [6.45, 7) is 1.66. The average molecular weight is 401 g/mol. The predicted octanol–water partition coefficient (Wildman–Crippen LogP) is 3.40. The summed E-state index contributed by atoms with van der Waals surface area (Å²) >= 11 is 1.15. The second-order valence-corrected chi connectivity index (χ2v) is 5.96. The van der Waals surface area contributed by atoms with Crippen LogP contribution in [0.25, 0.3) is 0 Å². The maximum absolute atomic E-state index is 13.3. The molecule has 0 aromatic carbocycles. The Morgan fingerprint density at radius 3 is 2.12 bits per heavy atom. The molecule has 4 nitrogen and oxygen atoms in total. The maximum atomic E-state index is 13.3. The maximum Gasteiger partial charge on any atom is 0.460 e. The van der Waals surface area contributed by atoms with Crippen LogP contribution < -0.4 is 5.32 Å². The number of amides is 1. The van der Waals surface area contributed by atoms with Gasteiger partial charge in [0.25, 0.3) is 5.91 Å². The van der Waals surface area contributed by atoms with E-state index in [2.05, 4.69) is 0 Å². The molecule has 0 aromatic rings. The van der Waals surface area contributed by atoms with E-state index in [1.807, 2.05) is 0 Å². The van der Waals surface area contributed by atoms with E-state index < -0.39 is 35.9 Å². The van der Waals surface area contributed by atoms with E-state index in [0.717, 1.165) is 11.8 Å². The zero-order valence-corrected chi connectivity index (χ0v) is 14.2. The number of alkyl halides is 7. The van der Waals surface area contributed by atoms with E-state index in [4.69, 9.17) is 4.74 Å². The van der Waals surface area contributed by atoms with Gasteiger partial charge < -0.3 is 10.1 Å². The Hall–Kier alpha value is -1.20. The molecule has 25 heavy (non-hydrogen) atoms. The van der Waals surface area contributed by atoms with Crippen molar-refractivity contribution in [2.75, 3.05) is 18.6 Å². The number of halogens is 7. The summed E-state index contributed by atoms with van der Waals surface area (Å²) in [5, 5.41) is 1.24. The molecule has 0 fully saturated rings. The minimum atomic E-state index is -6.63. The van der Waals surface area contributed by atoms with Crippen LogP contribution in [-0.2, 0) is 14.3 Å². The molecule has 148 valence electrons. The molecular weight excluding hydrogens is 383 g/mol. The molecule has 0 heterocycles. The lowest BCUT2D eigenvalue weighted by molar-refractivity contribution is -0.344. The van der Waals surface area contributed by atoms with Crippen LogP contribution in [0.4, 0.5) is 30.7 Å². The first-order valence-electron chi connectivity index (χ1n) is 7.11. The van der Waals surface area contributed by atoms with Crippen LogP contribution in [-0.4, -0.2) is 54.6 Å². The summed E-state index contributed by atoms with van der Waals surface area (Å²) in [6.07, 6.45) is -4.27. The first-order chi connectivity index (χ1) is 11.3. The van der Waals surface area contributed by atoms with Crippen LogP contribution in [0.1, 0.15) is 26.2 Å². The normalized spacial score (nSPS) is 14.1. The molecule has 0 bridgehead atoms. The van der Waals surface area contributed by atoms with Crippen molar-refractivity contribution in [2.24, 2.45) is 0 Å². The first kappa shape index (κ1) is 23.8. The third-order valence-electron chi connectivity index (χ3n) is 2.98. The lowest BCUT2D eigenvalue weighted by atomic mass is 10.1. The molecule has 0 aromatic heterocycles. The average Bonchev–Trinajstić information content (AvgIpc) is 2.49. The van der Waals surface area contributed by atoms with Gasteiger partial charge in [0, 0.05) is 0 Å². The fourth-order valence-corrected chi connectivity index (χ4v) is 1.94. The van der Waals surface area contributed by atoms with E-state index >= 15 is 0 Å². The van der Waals surface area contributed by atoms with Crippen LogP contribution in [0.5, 0.6) is 0 Å². The van der Waals surface area contributed by atoms with Gasteiger partial charge in [-0.25, -0.2) is 4.79 Å². The predicted molar refractivity (Wildman–Crippen MR) is 76.7 cm³/mol. The number of carbonyl (C=O) groups excluding carboxylic acids is 2. The number of thioether (sulfide) groups is 1. The van der Waals surface area contributed by atoms with Gasteiger partial charge >= 0.3 is 24.0 Å². The molecule has 0 aliphatic rings. The Morgan fingerprint density at radius 1 is 1.12 bits per heavy atom. The molecule has 1 N–H and O–H groups in total. The lowest BCUT2D eigenvalue weighted by Gasteiger charge is -2.28. The Morgan fingerprint density at radius 2 is 1.68 bits per heavy atom. The number of ether oxygens (including phenoxy) is 1. The van der Waals surface area contributed by atoms with Crippen LogP contribution in [0, 0.1) is 0 Å². The largest absolute Gasteiger partial charge is 0.464 e. The quantitative estimate of drug-likeness (QED) is 0.346. The van der Waals surface area contributed by atoms with E-state index in [1.54, 1.807) is 13.2 Å². The van der Waals surface area contributed by atoms with Crippen molar-refractivity contribution < 1.29 is 45.1 Å². The van der Waals surface area contributed by atoms with Crippen LogP contribution in [0.2, 0.25) is 0 Å². The van der Waals surface area contributed by atoms with Crippen molar-refractivity contribution >= 4 is 23.6 Å². The molecular formula is C13H18F7NO3S. The molecule has 0 saturated heterocycles. The van der Waals surface area contributed by atoms with Gasteiger partial charge in [0.15, 0.2) is 0 Å². The second-order valence-electron chi connectivity index (χ2n) is 4.98. The van der Waals surface area contributed by atoms with Gasteiger partial charge in [-0.3, -0.25) is 4.79 Å². The number of rotatable bonds is 10. The third kappa shape index (κ3) is 6.23. The highest BCUT2D eigenvalue weighted by molar-refractivity contribution is 7.98. The number of carbonyl (C=O) groups is 2. The van der Waals surface area contributed by atoms with E-state index in [1.165, 1.54) is 5.32 Å². The van der Waals surface area contributed by atoms with Gasteiger partial charge in [-0.1, -0.05) is 13.3 Å². The summed E-state index contributed by atoms with van der Waals surface area (Å²) in [7, 11) is 0. The molecule has 1 atom stereocenters. The molecule has 0 radical (unpaired) electrons. The molecule has 1 unspecified atom stereocenters. The SMILES string of the molecule is CCCCOC(=O)C(CCSC)NC(=O)C(F)(F)C(F)(F)C(F)(F)F. The third-order valence-corrected chi connectivity index (χ3v) is 3.62. The number of hydrogen-bond donors (Lipinski definition) is 1. The summed E-state index contributed by atoms with van der Waals surface area (Å²) in [6, 6.07) is -1.76. The van der Waals surface area contributed by atoms with Crippen molar-refractivity contribution in [3.05, 3.63) is 0 Å². The summed E-state index contributed by atoms with van der Waals surface area (Å²) in [4.78, 5) is 23.0. The molecule has 0 spiro atoms.